The summed E-state index contributed by atoms with van der Waals surface area (Å²) in [7, 11) is 0. The molecule has 2 aromatic rings. The number of hydrogen-bond acceptors (Lipinski definition) is 4. The Bertz CT molecular complexity index is 1130. The second-order valence-electron chi connectivity index (χ2n) is 7.79. The molecule has 1 saturated heterocycles. The van der Waals surface area contributed by atoms with Gasteiger partial charge in [0.05, 0.1) is 36.4 Å². The average molecular weight is 532 g/mol. The van der Waals surface area contributed by atoms with Gasteiger partial charge in [-0.05, 0) is 43.2 Å². The Hall–Kier alpha value is -3.39. The lowest BCUT2D eigenvalue weighted by Crippen LogP contribution is -2.24. The number of aromatic amines is 1. The van der Waals surface area contributed by atoms with Gasteiger partial charge in [0.2, 0.25) is 0 Å². The van der Waals surface area contributed by atoms with E-state index < -0.39 is 83.3 Å². The molecule has 1 fully saturated rings. The fraction of sp³-hybridized carbons (Fsp3) is 0.429. The van der Waals surface area contributed by atoms with Crippen molar-refractivity contribution < 1.29 is 58.6 Å². The Morgan fingerprint density at radius 1 is 1.03 bits per heavy atom. The standard InChI is InChI=1S/C21H17F9N2O4/c1-3-35-17(33)16-15(21(28,29)30)9(2)13(31-16)7-32-8-14(36-18(32)34)10-4-11(19(22,23)24)6-12(5-10)20(25,26)27/h4-6,14,31H,3,7-8H2,1-2H3. The number of amides is 1. The van der Waals surface area contributed by atoms with E-state index in [1.54, 1.807) is 0 Å². The molecule has 6 nitrogen and oxygen atoms in total. The van der Waals surface area contributed by atoms with Crippen LogP contribution in [-0.4, -0.2) is 35.1 Å². The molecule has 0 saturated carbocycles. The predicted octanol–water partition coefficient (Wildman–Crippen LogP) is 6.25. The number of rotatable bonds is 5. The smallest absolute Gasteiger partial charge is 0.418 e. The van der Waals surface area contributed by atoms with Crippen LogP contribution in [0.1, 0.15) is 57.0 Å². The van der Waals surface area contributed by atoms with Crippen LogP contribution in [0.5, 0.6) is 0 Å². The van der Waals surface area contributed by atoms with E-state index in [1.165, 1.54) is 6.92 Å². The number of alkyl halides is 9. The number of carbonyl (C=O) groups is 2. The zero-order valence-corrected chi connectivity index (χ0v) is 18.4. The molecule has 1 aliphatic heterocycles. The van der Waals surface area contributed by atoms with Crippen LogP contribution in [0.25, 0.3) is 0 Å². The van der Waals surface area contributed by atoms with E-state index in [-0.39, 0.29) is 18.4 Å². The van der Waals surface area contributed by atoms with E-state index in [0.717, 1.165) is 11.8 Å². The monoisotopic (exact) mass is 532 g/mol. The third kappa shape index (κ3) is 5.54. The molecule has 1 N–H and O–H groups in total. The molecule has 1 amide bonds. The first-order chi connectivity index (χ1) is 16.4. The van der Waals surface area contributed by atoms with Gasteiger partial charge in [-0.15, -0.1) is 0 Å². The van der Waals surface area contributed by atoms with E-state index in [2.05, 4.69) is 9.72 Å². The number of benzene rings is 1. The van der Waals surface area contributed by atoms with Crippen LogP contribution in [0.3, 0.4) is 0 Å². The number of aromatic nitrogens is 1. The lowest BCUT2D eigenvalue weighted by molar-refractivity contribution is -0.143. The molecule has 3 rings (SSSR count). The summed E-state index contributed by atoms with van der Waals surface area (Å²) in [5, 5.41) is 0. The number of cyclic esters (lactones) is 1. The van der Waals surface area contributed by atoms with Gasteiger partial charge in [-0.3, -0.25) is 4.90 Å². The van der Waals surface area contributed by atoms with Crippen molar-refractivity contribution in [2.75, 3.05) is 13.2 Å². The minimum Gasteiger partial charge on any atom is -0.461 e. The van der Waals surface area contributed by atoms with Crippen molar-refractivity contribution in [3.8, 4) is 0 Å². The topological polar surface area (TPSA) is 71.6 Å². The highest BCUT2D eigenvalue weighted by Gasteiger charge is 2.43. The summed E-state index contributed by atoms with van der Waals surface area (Å²) in [6, 6.07) is 0.713. The van der Waals surface area contributed by atoms with E-state index in [1.807, 2.05) is 0 Å². The van der Waals surface area contributed by atoms with E-state index >= 15 is 0 Å². The van der Waals surface area contributed by atoms with E-state index in [0.29, 0.717) is 12.1 Å². The Morgan fingerprint density at radius 2 is 1.58 bits per heavy atom. The van der Waals surface area contributed by atoms with Crippen molar-refractivity contribution in [2.24, 2.45) is 0 Å². The van der Waals surface area contributed by atoms with Crippen molar-refractivity contribution >= 4 is 12.1 Å². The van der Waals surface area contributed by atoms with Crippen LogP contribution in [0.4, 0.5) is 44.3 Å². The first kappa shape index (κ1) is 27.2. The van der Waals surface area contributed by atoms with Gasteiger partial charge in [0.1, 0.15) is 11.8 Å². The second kappa shape index (κ2) is 9.24. The number of halogens is 9. The summed E-state index contributed by atoms with van der Waals surface area (Å²) in [6.07, 6.45) is -18.0. The minimum absolute atomic E-state index is 0.0874. The Balaban J connectivity index is 1.93. The summed E-state index contributed by atoms with van der Waals surface area (Å²) < 4.78 is 129. The lowest BCUT2D eigenvalue weighted by atomic mass is 10.0. The van der Waals surface area contributed by atoms with Crippen LogP contribution in [0, 0.1) is 6.92 Å². The zero-order valence-electron chi connectivity index (χ0n) is 18.4. The maximum atomic E-state index is 13.5. The molecule has 0 spiro atoms. The maximum absolute atomic E-state index is 13.5. The van der Waals surface area contributed by atoms with Gasteiger partial charge in [0.15, 0.2) is 0 Å². The number of nitrogens with one attached hydrogen (secondary N) is 1. The Kier molecular flexibility index (Phi) is 6.98. The van der Waals surface area contributed by atoms with Crippen molar-refractivity contribution in [2.45, 2.75) is 45.0 Å². The van der Waals surface area contributed by atoms with Crippen molar-refractivity contribution in [3.05, 3.63) is 57.4 Å². The van der Waals surface area contributed by atoms with Gasteiger partial charge in [-0.1, -0.05) is 0 Å². The molecule has 36 heavy (non-hydrogen) atoms. The minimum atomic E-state index is -5.13. The molecule has 1 aromatic heterocycles. The molecule has 0 radical (unpaired) electrons. The molecule has 15 heteroatoms. The van der Waals surface area contributed by atoms with Crippen LogP contribution in [0.15, 0.2) is 18.2 Å². The molecule has 1 aromatic carbocycles. The normalized spacial score (nSPS) is 16.9. The van der Waals surface area contributed by atoms with Crippen molar-refractivity contribution in [1.82, 2.24) is 9.88 Å². The number of ether oxygens (including phenoxy) is 2. The SMILES string of the molecule is CCOC(=O)c1[nH]c(CN2CC(c3cc(C(F)(F)F)cc(C(F)(F)F)c3)OC2=O)c(C)c1C(F)(F)F. The van der Waals surface area contributed by atoms with Gasteiger partial charge < -0.3 is 14.5 Å². The molecule has 2 heterocycles. The largest absolute Gasteiger partial charge is 0.461 e. The van der Waals surface area contributed by atoms with Gasteiger partial charge in [0, 0.05) is 5.69 Å². The van der Waals surface area contributed by atoms with E-state index in [9.17, 15) is 49.1 Å². The maximum Gasteiger partial charge on any atom is 0.418 e. The van der Waals surface area contributed by atoms with Crippen molar-refractivity contribution in [3.63, 3.8) is 0 Å². The summed E-state index contributed by atoms with van der Waals surface area (Å²) in [4.78, 5) is 27.3. The van der Waals surface area contributed by atoms with E-state index in [4.69, 9.17) is 4.74 Å². The first-order valence-electron chi connectivity index (χ1n) is 10.1. The fourth-order valence-corrected chi connectivity index (χ4v) is 3.68. The average Bonchev–Trinajstić information content (AvgIpc) is 3.27. The molecule has 198 valence electrons. The molecular formula is C21H17F9N2O4. The molecular weight excluding hydrogens is 515 g/mol. The van der Waals surface area contributed by atoms with Gasteiger partial charge in [-0.2, -0.15) is 39.5 Å². The van der Waals surface area contributed by atoms with Crippen molar-refractivity contribution in [1.29, 1.82) is 0 Å². The summed E-state index contributed by atoms with van der Waals surface area (Å²) in [6.45, 7) is 1.01. The van der Waals surface area contributed by atoms with Crippen LogP contribution in [-0.2, 0) is 34.5 Å². The summed E-state index contributed by atoms with van der Waals surface area (Å²) >= 11 is 0. The quantitative estimate of drug-likeness (QED) is 0.365. The second-order valence-corrected chi connectivity index (χ2v) is 7.79. The molecule has 0 aliphatic carbocycles. The van der Waals surface area contributed by atoms with Crippen LogP contribution < -0.4 is 0 Å². The third-order valence-corrected chi connectivity index (χ3v) is 5.33. The highest BCUT2D eigenvalue weighted by molar-refractivity contribution is 5.90. The Labute approximate surface area is 197 Å². The van der Waals surface area contributed by atoms with Gasteiger partial charge >= 0.3 is 30.6 Å². The number of H-pyrrole nitrogens is 1. The highest BCUT2D eigenvalue weighted by atomic mass is 19.4. The molecule has 1 unspecified atom stereocenters. The van der Waals surface area contributed by atoms with Crippen LogP contribution >= 0.6 is 0 Å². The third-order valence-electron chi connectivity index (χ3n) is 5.33. The Morgan fingerprint density at radius 3 is 2.06 bits per heavy atom. The predicted molar refractivity (Wildman–Crippen MR) is 103 cm³/mol. The van der Waals surface area contributed by atoms with Crippen LogP contribution in [0.2, 0.25) is 0 Å². The van der Waals surface area contributed by atoms with Gasteiger partial charge in [-0.25, -0.2) is 9.59 Å². The first-order valence-corrected chi connectivity index (χ1v) is 10.1. The lowest BCUT2D eigenvalue weighted by Gasteiger charge is -2.17. The highest BCUT2D eigenvalue weighted by Crippen LogP contribution is 2.40. The molecule has 1 aliphatic rings. The van der Waals surface area contributed by atoms with Gasteiger partial charge in [0.25, 0.3) is 0 Å². The molecule has 1 atom stereocenters. The number of hydrogen-bond donors (Lipinski definition) is 1. The summed E-state index contributed by atoms with van der Waals surface area (Å²) in [5.41, 5.74) is -6.75. The number of esters is 1. The molecule has 0 bridgehead atoms. The fourth-order valence-electron chi connectivity index (χ4n) is 3.68. The number of nitrogens with zero attached hydrogens (tertiary/aromatic N) is 1. The zero-order chi connectivity index (χ0) is 27.2. The number of carbonyl (C=O) groups excluding carboxylic acids is 2. The summed E-state index contributed by atoms with van der Waals surface area (Å²) in [5.74, 6) is -1.30.